The number of hydrogen-bond acceptors (Lipinski definition) is 0. The van der Waals surface area contributed by atoms with Crippen molar-refractivity contribution in [2.24, 2.45) is 11.8 Å². The number of hydrogen-bond donors (Lipinski definition) is 0. The summed E-state index contributed by atoms with van der Waals surface area (Å²) in [6, 6.07) is 0. The molecule has 0 aliphatic carbocycles. The minimum atomic E-state index is 0.229. The van der Waals surface area contributed by atoms with E-state index in [-0.39, 0.29) is 23.8 Å². The predicted octanol–water partition coefficient (Wildman–Crippen LogP) is 12.0. The van der Waals surface area contributed by atoms with E-state index in [9.17, 15) is 0 Å². The van der Waals surface area contributed by atoms with Gasteiger partial charge in [0.1, 0.15) is 0 Å². The van der Waals surface area contributed by atoms with Gasteiger partial charge in [0, 0.05) is 0 Å². The Kier molecular flexibility index (Phi) is 13.3. The largest absolute Gasteiger partial charge is 0.101 e. The van der Waals surface area contributed by atoms with Gasteiger partial charge in [0.25, 0.3) is 0 Å². The molecule has 4 heterocycles. The highest BCUT2D eigenvalue weighted by Crippen LogP contribution is 2.63. The van der Waals surface area contributed by atoms with Crippen molar-refractivity contribution in [1.82, 2.24) is 0 Å². The first-order valence-corrected chi connectivity index (χ1v) is 23.8. The lowest BCUT2D eigenvalue weighted by Gasteiger charge is -2.44. The van der Waals surface area contributed by atoms with Crippen molar-refractivity contribution >= 4 is 31.7 Å². The summed E-state index contributed by atoms with van der Waals surface area (Å²) >= 11 is 0. The predicted molar refractivity (Wildman–Crippen MR) is 185 cm³/mol. The van der Waals surface area contributed by atoms with Gasteiger partial charge in [-0.3, -0.25) is 0 Å². The maximum Gasteiger partial charge on any atom is -0.0232 e. The van der Waals surface area contributed by atoms with Gasteiger partial charge < -0.3 is 0 Å². The summed E-state index contributed by atoms with van der Waals surface area (Å²) in [5.41, 5.74) is 8.27. The molecule has 0 spiro atoms. The Morgan fingerprint density at radius 2 is 0.658 bits per heavy atom. The zero-order valence-corrected chi connectivity index (χ0v) is 30.5. The highest BCUT2D eigenvalue weighted by molar-refractivity contribution is 7.63. The smallest absolute Gasteiger partial charge is 0.0232 e. The second-order valence-corrected chi connectivity index (χ2v) is 27.7. The van der Waals surface area contributed by atoms with Crippen LogP contribution >= 0.6 is 31.7 Å². The van der Waals surface area contributed by atoms with Crippen LogP contribution in [0.4, 0.5) is 0 Å². The maximum atomic E-state index is 2.71. The second kappa shape index (κ2) is 15.4. The van der Waals surface area contributed by atoms with Gasteiger partial charge in [-0.15, -0.1) is 31.7 Å². The summed E-state index contributed by atoms with van der Waals surface area (Å²) in [5, 5.41) is 0. The quantitative estimate of drug-likeness (QED) is 0.256. The Labute approximate surface area is 245 Å². The van der Waals surface area contributed by atoms with Crippen LogP contribution in [0.15, 0.2) is 0 Å². The molecule has 0 amide bonds. The van der Waals surface area contributed by atoms with E-state index in [2.05, 4.69) is 55.4 Å². The van der Waals surface area contributed by atoms with E-state index in [0.717, 1.165) is 57.1 Å². The zero-order valence-electron chi connectivity index (χ0n) is 26.9. The standard InChI is InChI=1S/C34H66P4/c1-25-12-9-10-13-26(2)35(25)18-20-37-29(5)16-17-33(22-30(37)6)34-23-31(7)38(32(8)24-34)21-19-36-27(3)14-11-15-28(36)4/h25-34H,9-24H2,1-8H3/t25-,26-,27-,28-,29-,30-,31-,32-,33?,34?,37?,38?/m0/s1. The molecule has 222 valence electrons. The topological polar surface area (TPSA) is 0 Å². The Morgan fingerprint density at radius 1 is 0.342 bits per heavy atom. The van der Waals surface area contributed by atoms with E-state index in [1.807, 2.05) is 0 Å². The Bertz CT molecular complexity index is 664. The molecule has 4 saturated heterocycles. The summed E-state index contributed by atoms with van der Waals surface area (Å²) in [4.78, 5) is 0. The first kappa shape index (κ1) is 32.6. The molecule has 0 aromatic carbocycles. The molecule has 4 rings (SSSR count). The fourth-order valence-corrected chi connectivity index (χ4v) is 24.4. The van der Waals surface area contributed by atoms with Gasteiger partial charge in [-0.1, -0.05) is 74.7 Å². The lowest BCUT2D eigenvalue weighted by Crippen LogP contribution is -2.31. The zero-order chi connectivity index (χ0) is 27.4. The highest BCUT2D eigenvalue weighted by Gasteiger charge is 2.40. The molecule has 2 unspecified atom stereocenters. The molecular formula is C34H66P4. The first-order valence-electron chi connectivity index (χ1n) is 17.2. The highest BCUT2D eigenvalue weighted by atomic mass is 31.1. The Balaban J connectivity index is 1.29. The molecule has 4 heteroatoms. The van der Waals surface area contributed by atoms with Crippen LogP contribution < -0.4 is 0 Å². The van der Waals surface area contributed by atoms with E-state index in [0.29, 0.717) is 7.92 Å². The van der Waals surface area contributed by atoms with Crippen molar-refractivity contribution in [1.29, 1.82) is 0 Å². The molecule has 0 aromatic rings. The van der Waals surface area contributed by atoms with Crippen LogP contribution in [0.2, 0.25) is 0 Å². The minimum absolute atomic E-state index is 0.229. The molecule has 0 nitrogen and oxygen atoms in total. The normalized spacial score (nSPS) is 46.4. The lowest BCUT2D eigenvalue weighted by molar-refractivity contribution is 0.252. The Morgan fingerprint density at radius 3 is 1.11 bits per heavy atom. The Hall–Kier alpha value is 1.72. The number of rotatable bonds is 7. The van der Waals surface area contributed by atoms with Crippen LogP contribution in [0.1, 0.15) is 132 Å². The SMILES string of the molecule is C[C@H]1CCCC[C@H](C)P1CCP1[C@@H](C)CCC(C2C[C@H](C)P(CCP3[C@@H](C)CCC[C@@H]3C)[C@@H](C)C2)C[C@@H]1C. The third kappa shape index (κ3) is 8.42. The van der Waals surface area contributed by atoms with Gasteiger partial charge in [-0.25, -0.2) is 0 Å². The monoisotopic (exact) mass is 598 g/mol. The van der Waals surface area contributed by atoms with Crippen LogP contribution in [-0.2, 0) is 0 Å². The summed E-state index contributed by atoms with van der Waals surface area (Å²) in [6.07, 6.45) is 25.0. The summed E-state index contributed by atoms with van der Waals surface area (Å²) in [5.74, 6) is 2.10. The van der Waals surface area contributed by atoms with Crippen molar-refractivity contribution in [3.63, 3.8) is 0 Å². The van der Waals surface area contributed by atoms with E-state index >= 15 is 0 Å². The summed E-state index contributed by atoms with van der Waals surface area (Å²) in [7, 11) is 1.06. The lowest BCUT2D eigenvalue weighted by atomic mass is 9.79. The molecule has 4 aliphatic rings. The molecule has 4 fully saturated rings. The van der Waals surface area contributed by atoms with E-state index in [1.54, 1.807) is 56.8 Å². The van der Waals surface area contributed by atoms with Crippen molar-refractivity contribution in [3.05, 3.63) is 0 Å². The molecule has 4 aliphatic heterocycles. The maximum absolute atomic E-state index is 2.71. The van der Waals surface area contributed by atoms with E-state index < -0.39 is 0 Å². The van der Waals surface area contributed by atoms with Crippen LogP contribution in [-0.4, -0.2) is 69.9 Å². The fourth-order valence-electron chi connectivity index (χ4n) is 9.58. The van der Waals surface area contributed by atoms with Gasteiger partial charge in [0.15, 0.2) is 0 Å². The van der Waals surface area contributed by atoms with E-state index in [1.165, 1.54) is 44.9 Å². The molecular weight excluding hydrogens is 532 g/mol. The van der Waals surface area contributed by atoms with Crippen molar-refractivity contribution in [2.75, 3.05) is 24.6 Å². The molecule has 0 saturated carbocycles. The van der Waals surface area contributed by atoms with Crippen LogP contribution in [0, 0.1) is 11.8 Å². The molecule has 0 N–H and O–H groups in total. The van der Waals surface area contributed by atoms with Gasteiger partial charge in [0.2, 0.25) is 0 Å². The van der Waals surface area contributed by atoms with E-state index in [4.69, 9.17) is 0 Å². The summed E-state index contributed by atoms with van der Waals surface area (Å²) < 4.78 is 0. The average Bonchev–Trinajstić information content (AvgIpc) is 3.11. The first-order chi connectivity index (χ1) is 18.2. The fraction of sp³-hybridized carbons (Fsp3) is 1.00. The van der Waals surface area contributed by atoms with Gasteiger partial charge in [-0.05, 0) is 140 Å². The molecule has 38 heavy (non-hydrogen) atoms. The average molecular weight is 599 g/mol. The van der Waals surface area contributed by atoms with Gasteiger partial charge >= 0.3 is 0 Å². The molecule has 0 aromatic heterocycles. The second-order valence-electron chi connectivity index (χ2n) is 14.8. The van der Waals surface area contributed by atoms with Crippen molar-refractivity contribution < 1.29 is 0 Å². The molecule has 0 radical (unpaired) electrons. The van der Waals surface area contributed by atoms with Gasteiger partial charge in [-0.2, -0.15) is 0 Å². The van der Waals surface area contributed by atoms with Crippen molar-refractivity contribution in [2.45, 2.75) is 178 Å². The summed E-state index contributed by atoms with van der Waals surface area (Å²) in [6.45, 7) is 21.2. The minimum Gasteiger partial charge on any atom is -0.101 e. The van der Waals surface area contributed by atoms with Gasteiger partial charge in [0.05, 0.1) is 0 Å². The third-order valence-corrected chi connectivity index (χ3v) is 26.7. The molecule has 0 bridgehead atoms. The van der Waals surface area contributed by atoms with Crippen LogP contribution in [0.5, 0.6) is 0 Å². The third-order valence-electron chi connectivity index (χ3n) is 12.1. The van der Waals surface area contributed by atoms with Crippen molar-refractivity contribution in [3.8, 4) is 0 Å². The molecule has 10 atom stereocenters. The van der Waals surface area contributed by atoms with Crippen LogP contribution in [0.3, 0.4) is 0 Å². The van der Waals surface area contributed by atoms with Crippen LogP contribution in [0.25, 0.3) is 0 Å².